The average Bonchev–Trinajstić information content (AvgIpc) is 3.03. The quantitative estimate of drug-likeness (QED) is 0.757. The van der Waals surface area contributed by atoms with E-state index in [1.807, 2.05) is 42.5 Å². The fraction of sp³-hybridized carbons (Fsp3) is 0.278. The summed E-state index contributed by atoms with van der Waals surface area (Å²) in [6.07, 6.45) is 1.72. The van der Waals surface area contributed by atoms with Crippen molar-refractivity contribution in [1.82, 2.24) is 15.2 Å². The van der Waals surface area contributed by atoms with Crippen LogP contribution in [0, 0.1) is 0 Å². The van der Waals surface area contributed by atoms with E-state index in [2.05, 4.69) is 29.5 Å². The maximum absolute atomic E-state index is 12.3. The topological polar surface area (TPSA) is 69.0 Å². The van der Waals surface area contributed by atoms with E-state index in [9.17, 15) is 4.79 Å². The van der Waals surface area contributed by atoms with Gasteiger partial charge in [0.15, 0.2) is 6.61 Å². The first-order valence-electron chi connectivity index (χ1n) is 8.07. The predicted octanol–water partition coefficient (Wildman–Crippen LogP) is 2.62. The summed E-state index contributed by atoms with van der Waals surface area (Å²) in [5, 5.41) is 10.9. The van der Waals surface area contributed by atoms with Crippen molar-refractivity contribution in [3.8, 4) is 0 Å². The molecule has 0 saturated carbocycles. The van der Waals surface area contributed by atoms with Gasteiger partial charge in [-0.1, -0.05) is 49.0 Å². The molecular formula is C18H20N4O2. The third-order valence-corrected chi connectivity index (χ3v) is 3.90. The van der Waals surface area contributed by atoms with Crippen LogP contribution in [-0.2, 0) is 17.6 Å². The fourth-order valence-electron chi connectivity index (χ4n) is 2.64. The minimum atomic E-state index is -0.217. The van der Waals surface area contributed by atoms with Gasteiger partial charge in [0.05, 0.1) is 0 Å². The molecule has 24 heavy (non-hydrogen) atoms. The summed E-state index contributed by atoms with van der Waals surface area (Å²) in [5.74, 6) is -0.217. The highest BCUT2D eigenvalue weighted by Crippen LogP contribution is 2.22. The lowest BCUT2D eigenvalue weighted by Gasteiger charge is -2.14. The number of aromatic nitrogens is 3. The van der Waals surface area contributed by atoms with Crippen LogP contribution in [0.4, 0.5) is 5.69 Å². The molecular weight excluding hydrogens is 304 g/mol. The second kappa shape index (κ2) is 7.12. The Labute approximate surface area is 140 Å². The van der Waals surface area contributed by atoms with Crippen LogP contribution >= 0.6 is 0 Å². The van der Waals surface area contributed by atoms with Crippen molar-refractivity contribution in [3.63, 3.8) is 0 Å². The standard InChI is InChI=1S/C18H20N4O2/c1-3-13-8-7-9-14(4-2)18(13)19-17(23)12-24-22-16-11-6-5-10-15(16)20-21-22/h5-11H,3-4,12H2,1-2H3,(H,19,23). The highest BCUT2D eigenvalue weighted by Gasteiger charge is 2.12. The number of benzene rings is 2. The molecule has 0 radical (unpaired) electrons. The number of carbonyl (C=O) groups is 1. The van der Waals surface area contributed by atoms with Gasteiger partial charge in [0.25, 0.3) is 5.91 Å². The number of rotatable bonds is 6. The number of nitrogens with zero attached hydrogens (tertiary/aromatic N) is 3. The van der Waals surface area contributed by atoms with Crippen LogP contribution in [0.1, 0.15) is 25.0 Å². The number of carbonyl (C=O) groups excluding carboxylic acids is 1. The molecule has 0 unspecified atom stereocenters. The number of para-hydroxylation sites is 2. The molecule has 124 valence electrons. The zero-order chi connectivity index (χ0) is 16.9. The molecule has 1 amide bonds. The van der Waals surface area contributed by atoms with Gasteiger partial charge in [-0.2, -0.15) is 0 Å². The van der Waals surface area contributed by atoms with Gasteiger partial charge in [0.2, 0.25) is 0 Å². The predicted molar refractivity (Wildman–Crippen MR) is 92.8 cm³/mol. The zero-order valence-electron chi connectivity index (χ0n) is 13.8. The Hall–Kier alpha value is -2.89. The van der Waals surface area contributed by atoms with Crippen molar-refractivity contribution < 1.29 is 9.63 Å². The summed E-state index contributed by atoms with van der Waals surface area (Å²) in [7, 11) is 0. The number of aryl methyl sites for hydroxylation is 2. The maximum atomic E-state index is 12.3. The molecule has 0 aliphatic carbocycles. The molecule has 0 aliphatic heterocycles. The molecule has 1 N–H and O–H groups in total. The molecule has 0 saturated heterocycles. The minimum Gasteiger partial charge on any atom is -0.385 e. The van der Waals surface area contributed by atoms with E-state index < -0.39 is 0 Å². The number of fused-ring (bicyclic) bond motifs is 1. The van der Waals surface area contributed by atoms with Gasteiger partial charge >= 0.3 is 0 Å². The maximum Gasteiger partial charge on any atom is 0.265 e. The molecule has 6 heteroatoms. The van der Waals surface area contributed by atoms with Gasteiger partial charge in [-0.25, -0.2) is 0 Å². The van der Waals surface area contributed by atoms with E-state index in [1.54, 1.807) is 0 Å². The van der Waals surface area contributed by atoms with Crippen LogP contribution in [0.2, 0.25) is 0 Å². The Morgan fingerprint density at radius 2 is 1.79 bits per heavy atom. The normalized spacial score (nSPS) is 10.8. The third kappa shape index (κ3) is 3.22. The molecule has 0 atom stereocenters. The molecule has 0 bridgehead atoms. The molecule has 1 aromatic heterocycles. The first-order valence-corrected chi connectivity index (χ1v) is 8.07. The second-order valence-electron chi connectivity index (χ2n) is 5.43. The SMILES string of the molecule is CCc1cccc(CC)c1NC(=O)COn1nnc2ccccc21. The Morgan fingerprint density at radius 3 is 2.50 bits per heavy atom. The molecule has 3 rings (SSSR count). The summed E-state index contributed by atoms with van der Waals surface area (Å²) in [6.45, 7) is 4.01. The third-order valence-electron chi connectivity index (χ3n) is 3.90. The van der Waals surface area contributed by atoms with Crippen LogP contribution in [0.5, 0.6) is 0 Å². The first kappa shape index (κ1) is 16.0. The van der Waals surface area contributed by atoms with Crippen molar-refractivity contribution in [1.29, 1.82) is 0 Å². The molecule has 2 aromatic carbocycles. The van der Waals surface area contributed by atoms with E-state index in [0.717, 1.165) is 40.7 Å². The molecule has 6 nitrogen and oxygen atoms in total. The highest BCUT2D eigenvalue weighted by molar-refractivity contribution is 5.93. The summed E-state index contributed by atoms with van der Waals surface area (Å²) < 4.78 is 0. The lowest BCUT2D eigenvalue weighted by molar-refractivity contribution is -0.121. The Bertz CT molecular complexity index is 835. The van der Waals surface area contributed by atoms with E-state index in [1.165, 1.54) is 4.85 Å². The summed E-state index contributed by atoms with van der Waals surface area (Å²) in [5.41, 5.74) is 4.58. The van der Waals surface area contributed by atoms with Gasteiger partial charge in [0.1, 0.15) is 11.0 Å². The first-order chi connectivity index (χ1) is 11.7. The zero-order valence-corrected chi connectivity index (χ0v) is 13.8. The van der Waals surface area contributed by atoms with E-state index in [0.29, 0.717) is 0 Å². The number of amides is 1. The molecule has 0 fully saturated rings. The monoisotopic (exact) mass is 324 g/mol. The summed E-state index contributed by atoms with van der Waals surface area (Å²) in [6, 6.07) is 13.5. The van der Waals surface area contributed by atoms with Crippen LogP contribution in [0.15, 0.2) is 42.5 Å². The van der Waals surface area contributed by atoms with Crippen LogP contribution in [0.25, 0.3) is 11.0 Å². The van der Waals surface area contributed by atoms with Crippen LogP contribution in [-0.4, -0.2) is 27.7 Å². The Balaban J connectivity index is 1.70. The minimum absolute atomic E-state index is 0.130. The van der Waals surface area contributed by atoms with E-state index in [-0.39, 0.29) is 12.5 Å². The molecule has 3 aromatic rings. The van der Waals surface area contributed by atoms with Crippen molar-refractivity contribution in [3.05, 3.63) is 53.6 Å². The largest absolute Gasteiger partial charge is 0.385 e. The van der Waals surface area contributed by atoms with E-state index in [4.69, 9.17) is 4.84 Å². The lowest BCUT2D eigenvalue weighted by Crippen LogP contribution is -2.27. The molecule has 1 heterocycles. The van der Waals surface area contributed by atoms with Gasteiger partial charge in [-0.15, -0.1) is 5.10 Å². The number of hydrogen-bond donors (Lipinski definition) is 1. The van der Waals surface area contributed by atoms with Crippen LogP contribution < -0.4 is 10.2 Å². The smallest absolute Gasteiger partial charge is 0.265 e. The van der Waals surface area contributed by atoms with Gasteiger partial charge in [-0.05, 0) is 41.3 Å². The van der Waals surface area contributed by atoms with Crippen LogP contribution in [0.3, 0.4) is 0 Å². The summed E-state index contributed by atoms with van der Waals surface area (Å²) >= 11 is 0. The van der Waals surface area contributed by atoms with Gasteiger partial charge in [0, 0.05) is 5.69 Å². The highest BCUT2D eigenvalue weighted by atomic mass is 16.7. The van der Waals surface area contributed by atoms with Gasteiger partial charge in [-0.3, -0.25) is 4.79 Å². The Kier molecular flexibility index (Phi) is 4.74. The van der Waals surface area contributed by atoms with Crippen molar-refractivity contribution in [2.75, 3.05) is 11.9 Å². The summed E-state index contributed by atoms with van der Waals surface area (Å²) in [4.78, 5) is 19.0. The molecule has 0 spiro atoms. The van der Waals surface area contributed by atoms with Crippen molar-refractivity contribution in [2.45, 2.75) is 26.7 Å². The lowest BCUT2D eigenvalue weighted by atomic mass is 10.0. The van der Waals surface area contributed by atoms with E-state index >= 15 is 0 Å². The van der Waals surface area contributed by atoms with Crippen molar-refractivity contribution >= 4 is 22.6 Å². The Morgan fingerprint density at radius 1 is 1.08 bits per heavy atom. The second-order valence-corrected chi connectivity index (χ2v) is 5.43. The van der Waals surface area contributed by atoms with Gasteiger partial charge < -0.3 is 10.2 Å². The average molecular weight is 324 g/mol. The number of anilines is 1. The molecule has 0 aliphatic rings. The fourth-order valence-corrected chi connectivity index (χ4v) is 2.64. The van der Waals surface area contributed by atoms with Crippen molar-refractivity contribution in [2.24, 2.45) is 0 Å². The number of nitrogens with one attached hydrogen (secondary N) is 1. The number of hydrogen-bond acceptors (Lipinski definition) is 4.